The van der Waals surface area contributed by atoms with Crippen LogP contribution in [-0.2, 0) is 30.3 Å². The van der Waals surface area contributed by atoms with Crippen LogP contribution in [-0.4, -0.2) is 40.8 Å². The van der Waals surface area contributed by atoms with Crippen molar-refractivity contribution in [2.45, 2.75) is 105 Å². The highest BCUT2D eigenvalue weighted by molar-refractivity contribution is 5.83. The Morgan fingerprint density at radius 1 is 0.895 bits per heavy atom. The van der Waals surface area contributed by atoms with Gasteiger partial charge in [0.25, 0.3) is 5.72 Å². The van der Waals surface area contributed by atoms with Crippen molar-refractivity contribution in [3.8, 4) is 11.5 Å². The number of carboxylic acids is 1. The van der Waals surface area contributed by atoms with Crippen LogP contribution in [0.2, 0.25) is 0 Å². The molecular formula is C29H43NO8. The van der Waals surface area contributed by atoms with E-state index < -0.39 is 29.6 Å². The molecule has 212 valence electrons. The fourth-order valence-electron chi connectivity index (χ4n) is 4.47. The van der Waals surface area contributed by atoms with Gasteiger partial charge in [-0.15, -0.1) is 0 Å². The van der Waals surface area contributed by atoms with Crippen LogP contribution >= 0.6 is 0 Å². The maximum Gasteiger partial charge on any atom is 0.364 e. The molecule has 1 atom stereocenters. The zero-order chi connectivity index (χ0) is 28.5. The van der Waals surface area contributed by atoms with Crippen LogP contribution in [0.15, 0.2) is 18.2 Å². The summed E-state index contributed by atoms with van der Waals surface area (Å²) in [4.78, 5) is 50.4. The van der Waals surface area contributed by atoms with Crippen LogP contribution in [0.5, 0.6) is 11.5 Å². The summed E-state index contributed by atoms with van der Waals surface area (Å²) in [5, 5.41) is 13.2. The first-order valence-electron chi connectivity index (χ1n) is 13.6. The summed E-state index contributed by atoms with van der Waals surface area (Å²) in [6.45, 7) is 11.1. The van der Waals surface area contributed by atoms with Crippen LogP contribution in [0, 0.1) is 17.8 Å². The number of hydrogen-bond acceptors (Lipinski definition) is 8. The minimum absolute atomic E-state index is 0.00713. The smallest absolute Gasteiger partial charge is 0.364 e. The quantitative estimate of drug-likeness (QED) is 0.204. The summed E-state index contributed by atoms with van der Waals surface area (Å²) >= 11 is 0. The fourth-order valence-corrected chi connectivity index (χ4v) is 4.47. The molecule has 0 spiro atoms. The van der Waals surface area contributed by atoms with Gasteiger partial charge in [0.1, 0.15) is 0 Å². The molecule has 0 radical (unpaired) electrons. The van der Waals surface area contributed by atoms with Crippen molar-refractivity contribution in [2.24, 2.45) is 17.8 Å². The second-order valence-corrected chi connectivity index (χ2v) is 11.3. The molecule has 0 unspecified atom stereocenters. The maximum atomic E-state index is 13.0. The van der Waals surface area contributed by atoms with E-state index in [1.807, 2.05) is 27.7 Å². The Balaban J connectivity index is 2.41. The number of nitrogens with one attached hydrogen (secondary N) is 1. The van der Waals surface area contributed by atoms with Gasteiger partial charge < -0.3 is 19.3 Å². The lowest BCUT2D eigenvalue weighted by Gasteiger charge is -2.34. The number of hydrogen-bond donors (Lipinski definition) is 2. The van der Waals surface area contributed by atoms with Crippen molar-refractivity contribution in [3.63, 3.8) is 0 Å². The minimum Gasteiger partial charge on any atom is -0.477 e. The number of rotatable bonds is 13. The van der Waals surface area contributed by atoms with Gasteiger partial charge in [0.2, 0.25) is 0 Å². The first-order chi connectivity index (χ1) is 17.8. The van der Waals surface area contributed by atoms with Crippen molar-refractivity contribution < 1.29 is 38.5 Å². The van der Waals surface area contributed by atoms with Crippen LogP contribution in [0.1, 0.15) is 92.1 Å². The topological polar surface area (TPSA) is 128 Å². The van der Waals surface area contributed by atoms with E-state index in [1.54, 1.807) is 19.9 Å². The van der Waals surface area contributed by atoms with Gasteiger partial charge in [-0.1, -0.05) is 53.0 Å². The summed E-state index contributed by atoms with van der Waals surface area (Å²) < 4.78 is 16.7. The van der Waals surface area contributed by atoms with E-state index in [9.17, 15) is 24.3 Å². The van der Waals surface area contributed by atoms with E-state index in [1.165, 1.54) is 12.1 Å². The third-order valence-corrected chi connectivity index (χ3v) is 6.14. The molecule has 1 saturated carbocycles. The van der Waals surface area contributed by atoms with E-state index in [0.29, 0.717) is 18.4 Å². The molecule has 2 N–H and O–H groups in total. The van der Waals surface area contributed by atoms with Crippen LogP contribution in [0.25, 0.3) is 0 Å². The van der Waals surface area contributed by atoms with E-state index in [-0.39, 0.29) is 54.6 Å². The van der Waals surface area contributed by atoms with E-state index >= 15 is 0 Å². The highest BCUT2D eigenvalue weighted by atomic mass is 16.6. The summed E-state index contributed by atoms with van der Waals surface area (Å²) in [5.74, 6) is -3.00. The van der Waals surface area contributed by atoms with E-state index in [4.69, 9.17) is 14.2 Å². The lowest BCUT2D eigenvalue weighted by atomic mass is 9.89. The highest BCUT2D eigenvalue weighted by Crippen LogP contribution is 2.33. The third kappa shape index (κ3) is 9.74. The number of esters is 3. The lowest BCUT2D eigenvalue weighted by Crippen LogP contribution is -2.59. The molecule has 1 aromatic rings. The van der Waals surface area contributed by atoms with Crippen molar-refractivity contribution in [3.05, 3.63) is 23.8 Å². The van der Waals surface area contributed by atoms with Crippen LogP contribution in [0.4, 0.5) is 0 Å². The molecule has 0 amide bonds. The molecule has 0 saturated heterocycles. The number of carboxylic acid groups (broad SMARTS) is 1. The normalized spacial score (nSPS) is 15.8. The molecule has 9 heteroatoms. The van der Waals surface area contributed by atoms with Crippen molar-refractivity contribution in [1.82, 2.24) is 5.32 Å². The minimum atomic E-state index is -2.03. The fraction of sp³-hybridized carbons (Fsp3) is 0.655. The van der Waals surface area contributed by atoms with Gasteiger partial charge in [0.05, 0.1) is 5.92 Å². The first-order valence-corrected chi connectivity index (χ1v) is 13.6. The Bertz CT molecular complexity index is 981. The predicted octanol–water partition coefficient (Wildman–Crippen LogP) is 5.03. The van der Waals surface area contributed by atoms with Gasteiger partial charge in [-0.25, -0.2) is 4.79 Å². The summed E-state index contributed by atoms with van der Waals surface area (Å²) in [6.07, 6.45) is 4.29. The Morgan fingerprint density at radius 3 is 1.95 bits per heavy atom. The average molecular weight is 534 g/mol. The number of aliphatic carboxylic acids is 1. The Morgan fingerprint density at radius 2 is 1.45 bits per heavy atom. The Kier molecular flexibility index (Phi) is 11.8. The first kappa shape index (κ1) is 31.3. The molecule has 0 aromatic heterocycles. The highest BCUT2D eigenvalue weighted by Gasteiger charge is 2.45. The number of benzene rings is 1. The molecule has 1 aliphatic carbocycles. The van der Waals surface area contributed by atoms with E-state index in [2.05, 4.69) is 5.32 Å². The van der Waals surface area contributed by atoms with Crippen LogP contribution in [0.3, 0.4) is 0 Å². The molecule has 0 heterocycles. The SMILES string of the molecule is CC(C)CC(=O)Oc1ccc(C[C@](NC(C)C)(OC(=O)C2CCCCC2)C(=O)O)cc1OC(=O)CC(C)C. The second kappa shape index (κ2) is 14.3. The largest absolute Gasteiger partial charge is 0.477 e. The van der Waals surface area contributed by atoms with Crippen molar-refractivity contribution in [2.75, 3.05) is 0 Å². The van der Waals surface area contributed by atoms with Gasteiger partial charge in [-0.05, 0) is 56.2 Å². The second-order valence-electron chi connectivity index (χ2n) is 11.3. The number of carbonyl (C=O) groups excluding carboxylic acids is 3. The molecule has 1 aromatic carbocycles. The molecule has 2 rings (SSSR count). The zero-order valence-electron chi connectivity index (χ0n) is 23.5. The predicted molar refractivity (Wildman–Crippen MR) is 142 cm³/mol. The molecule has 9 nitrogen and oxygen atoms in total. The van der Waals surface area contributed by atoms with E-state index in [0.717, 1.165) is 19.3 Å². The standard InChI is InChI=1S/C29H43NO8/c1-18(2)14-25(31)36-23-13-12-21(16-24(23)37-26(32)15-19(3)4)17-29(28(34)35,30-20(5)6)38-27(33)22-10-8-7-9-11-22/h12-13,16,18-20,22,30H,7-11,14-15,17H2,1-6H3,(H,34,35)/t29-/m0/s1. The van der Waals surface area contributed by atoms with Gasteiger partial charge >= 0.3 is 23.9 Å². The summed E-state index contributed by atoms with van der Waals surface area (Å²) in [7, 11) is 0. The Hall–Kier alpha value is -2.94. The van der Waals surface area contributed by atoms with Crippen molar-refractivity contribution >= 4 is 23.9 Å². The van der Waals surface area contributed by atoms with Crippen molar-refractivity contribution in [1.29, 1.82) is 0 Å². The molecule has 1 fully saturated rings. The molecule has 0 bridgehead atoms. The Labute approximate surface area is 225 Å². The maximum absolute atomic E-state index is 13.0. The van der Waals surface area contributed by atoms with Crippen LogP contribution < -0.4 is 14.8 Å². The third-order valence-electron chi connectivity index (χ3n) is 6.14. The lowest BCUT2D eigenvalue weighted by molar-refractivity contribution is -0.188. The van der Waals surface area contributed by atoms with Gasteiger partial charge in [0.15, 0.2) is 11.5 Å². The average Bonchev–Trinajstić information content (AvgIpc) is 2.79. The monoisotopic (exact) mass is 533 g/mol. The number of carbonyl (C=O) groups is 4. The number of ether oxygens (including phenoxy) is 3. The van der Waals surface area contributed by atoms with Gasteiger partial charge in [0, 0.05) is 25.3 Å². The molecule has 1 aliphatic rings. The summed E-state index contributed by atoms with van der Waals surface area (Å²) in [5.41, 5.74) is -1.61. The van der Waals surface area contributed by atoms with Gasteiger partial charge in [-0.2, -0.15) is 0 Å². The summed E-state index contributed by atoms with van der Waals surface area (Å²) in [6, 6.07) is 4.19. The molecule has 38 heavy (non-hydrogen) atoms. The molecule has 0 aliphatic heterocycles. The molecular weight excluding hydrogens is 490 g/mol. The zero-order valence-corrected chi connectivity index (χ0v) is 23.5. The van der Waals surface area contributed by atoms with Gasteiger partial charge in [-0.3, -0.25) is 19.7 Å².